The van der Waals surface area contributed by atoms with Crippen LogP contribution in [-0.4, -0.2) is 90.5 Å². The van der Waals surface area contributed by atoms with Gasteiger partial charge in [-0.05, 0) is 61.7 Å². The molecule has 1 aliphatic heterocycles. The molecule has 0 saturated carbocycles. The van der Waals surface area contributed by atoms with E-state index in [1.165, 1.54) is 55.3 Å². The zero-order chi connectivity index (χ0) is 35.1. The fourth-order valence-electron chi connectivity index (χ4n) is 5.06. The molecule has 256 valence electrons. The van der Waals surface area contributed by atoms with Crippen molar-refractivity contribution in [1.82, 2.24) is 20.9 Å². The molecule has 3 rings (SSSR count). The molecule has 0 fully saturated rings. The normalized spacial score (nSPS) is 19.0. The Morgan fingerprint density at radius 2 is 1.64 bits per heavy atom. The summed E-state index contributed by atoms with van der Waals surface area (Å²) >= 11 is 0. The highest BCUT2D eigenvalue weighted by atomic mass is 32.2. The topological polar surface area (TPSA) is 277 Å². The van der Waals surface area contributed by atoms with E-state index in [4.69, 9.17) is 16.6 Å². The van der Waals surface area contributed by atoms with Crippen molar-refractivity contribution in [3.63, 3.8) is 0 Å². The Morgan fingerprint density at radius 1 is 1.00 bits per heavy atom. The number of aromatic hydroxyl groups is 2. The summed E-state index contributed by atoms with van der Waals surface area (Å²) in [6.07, 6.45) is 0.115. The number of rotatable bonds is 11. The highest BCUT2D eigenvalue weighted by molar-refractivity contribution is 7.89. The number of benzene rings is 2. The maximum atomic E-state index is 13.7. The smallest absolute Gasteiger partial charge is 0.248 e. The number of likely N-dealkylation sites (N-methyl/N-ethyl adjacent to an activating group) is 1. The van der Waals surface area contributed by atoms with Gasteiger partial charge in [0, 0.05) is 31.0 Å². The van der Waals surface area contributed by atoms with Crippen molar-refractivity contribution in [1.29, 1.82) is 0 Å². The minimum Gasteiger partial charge on any atom is -0.507 e. The molecular weight excluding hydrogens is 634 g/mol. The molecule has 4 bridgehead atoms. The van der Waals surface area contributed by atoms with E-state index in [0.29, 0.717) is 24.9 Å². The Hall–Kier alpha value is -4.58. The van der Waals surface area contributed by atoms with E-state index in [9.17, 15) is 42.6 Å². The number of amides is 4. The molecular formula is C30H41N7O9S. The summed E-state index contributed by atoms with van der Waals surface area (Å²) in [7, 11) is -2.80. The van der Waals surface area contributed by atoms with Crippen LogP contribution < -0.4 is 32.6 Å². The maximum Gasteiger partial charge on any atom is 0.248 e. The first-order chi connectivity index (χ1) is 22.0. The molecule has 47 heavy (non-hydrogen) atoms. The first-order valence-electron chi connectivity index (χ1n) is 14.8. The largest absolute Gasteiger partial charge is 0.507 e. The van der Waals surface area contributed by atoms with Gasteiger partial charge in [-0.3, -0.25) is 24.0 Å². The SMILES string of the molecule is CC1NC(=O)C(N(C)C(=O)CCCCCN)c2ccc(O)c(c2)-c2cc(ccc2O)CC(C(=O)NC(N)C(=O)CS(N)(=O)=O)NC1=O. The molecule has 0 aromatic heterocycles. The van der Waals surface area contributed by atoms with Gasteiger partial charge >= 0.3 is 0 Å². The van der Waals surface area contributed by atoms with E-state index in [1.54, 1.807) is 0 Å². The Morgan fingerprint density at radius 3 is 2.28 bits per heavy atom. The highest BCUT2D eigenvalue weighted by Crippen LogP contribution is 2.38. The van der Waals surface area contributed by atoms with Gasteiger partial charge in [-0.25, -0.2) is 13.6 Å². The second-order valence-corrected chi connectivity index (χ2v) is 13.0. The standard InChI is InChI=1S/C30H41N7O9S/c1-16-28(42)35-21(29(43)36-27(32)24(40)15-47(33,45)46)13-17-7-9-22(38)19(12-17)20-14-18(8-10-23(20)39)26(30(44)34-16)37(2)25(41)6-4-3-5-11-31/h7-10,12,14,16,21,26-27,38-39H,3-6,11,13,15,31-32H2,1-2H3,(H,34,44)(H,35,42)(H,36,43)(H2,33,45,46). The third kappa shape index (κ3) is 9.95. The molecule has 11 N–H and O–H groups in total. The molecule has 4 atom stereocenters. The number of phenolic OH excluding ortho intramolecular Hbond substituents is 2. The van der Waals surface area contributed by atoms with E-state index < -0.39 is 63.6 Å². The molecule has 2 aromatic carbocycles. The molecule has 0 spiro atoms. The summed E-state index contributed by atoms with van der Waals surface area (Å²) in [5.74, 6) is -5.61. The van der Waals surface area contributed by atoms with Gasteiger partial charge in [0.15, 0.2) is 5.78 Å². The quantitative estimate of drug-likeness (QED) is 0.101. The summed E-state index contributed by atoms with van der Waals surface area (Å²) in [5, 5.41) is 33.7. The van der Waals surface area contributed by atoms with Crippen LogP contribution in [0.25, 0.3) is 11.1 Å². The van der Waals surface area contributed by atoms with Crippen molar-refractivity contribution in [2.75, 3.05) is 19.3 Å². The second-order valence-electron chi connectivity index (χ2n) is 11.4. The number of ketones is 1. The monoisotopic (exact) mass is 675 g/mol. The number of phenols is 2. The summed E-state index contributed by atoms with van der Waals surface area (Å²) in [4.78, 5) is 66.9. The van der Waals surface area contributed by atoms with Crippen LogP contribution >= 0.6 is 0 Å². The van der Waals surface area contributed by atoms with Crippen molar-refractivity contribution in [3.05, 3.63) is 47.5 Å². The number of carbonyl (C=O) groups excluding carboxylic acids is 5. The summed E-state index contributed by atoms with van der Waals surface area (Å²) in [6, 6.07) is 4.55. The van der Waals surface area contributed by atoms with Crippen LogP contribution in [0.4, 0.5) is 0 Å². The number of fused-ring (bicyclic) bond motifs is 5. The fourth-order valence-corrected chi connectivity index (χ4v) is 5.63. The summed E-state index contributed by atoms with van der Waals surface area (Å²) in [6.45, 7) is 1.84. The van der Waals surface area contributed by atoms with Crippen LogP contribution in [0, 0.1) is 0 Å². The van der Waals surface area contributed by atoms with E-state index in [0.717, 1.165) is 6.42 Å². The van der Waals surface area contributed by atoms with Crippen LogP contribution in [-0.2, 0) is 40.4 Å². The van der Waals surface area contributed by atoms with Gasteiger partial charge in [-0.15, -0.1) is 0 Å². The van der Waals surface area contributed by atoms with Crippen LogP contribution in [0.2, 0.25) is 0 Å². The number of primary sulfonamides is 1. The minimum atomic E-state index is -4.24. The highest BCUT2D eigenvalue weighted by Gasteiger charge is 2.33. The van der Waals surface area contributed by atoms with E-state index in [2.05, 4.69) is 16.0 Å². The van der Waals surface area contributed by atoms with Crippen molar-refractivity contribution < 1.29 is 42.6 Å². The Kier molecular flexibility index (Phi) is 12.4. The average molecular weight is 676 g/mol. The van der Waals surface area contributed by atoms with Gasteiger partial charge < -0.3 is 42.5 Å². The number of Topliss-reactive ketones (excluding diaryl/α,β-unsaturated/α-hetero) is 1. The first-order valence-corrected chi connectivity index (χ1v) is 16.5. The lowest BCUT2D eigenvalue weighted by molar-refractivity contribution is -0.140. The van der Waals surface area contributed by atoms with Crippen molar-refractivity contribution in [2.45, 2.75) is 63.3 Å². The van der Waals surface area contributed by atoms with Gasteiger partial charge in [0.05, 0.1) is 0 Å². The van der Waals surface area contributed by atoms with Crippen molar-refractivity contribution in [3.8, 4) is 22.6 Å². The van der Waals surface area contributed by atoms with Crippen LogP contribution in [0.3, 0.4) is 0 Å². The third-order valence-corrected chi connectivity index (χ3v) is 8.31. The number of carbonyl (C=O) groups is 5. The van der Waals surface area contributed by atoms with Gasteiger partial charge in [0.1, 0.15) is 41.5 Å². The molecule has 2 aromatic rings. The molecule has 0 aliphatic carbocycles. The molecule has 4 unspecified atom stereocenters. The number of nitrogens with zero attached hydrogens (tertiary/aromatic N) is 1. The molecule has 1 heterocycles. The first kappa shape index (κ1) is 36.9. The lowest BCUT2D eigenvalue weighted by Gasteiger charge is -2.30. The van der Waals surface area contributed by atoms with Gasteiger partial charge in [-0.1, -0.05) is 18.6 Å². The molecule has 1 aliphatic rings. The Bertz CT molecular complexity index is 1630. The van der Waals surface area contributed by atoms with Crippen molar-refractivity contribution in [2.24, 2.45) is 16.6 Å². The fraction of sp³-hybridized carbons (Fsp3) is 0.433. The number of hydrogen-bond acceptors (Lipinski definition) is 11. The minimum absolute atomic E-state index is 0.118. The number of unbranched alkanes of at least 4 members (excludes halogenated alkanes) is 2. The molecule has 17 heteroatoms. The van der Waals surface area contributed by atoms with Crippen LogP contribution in [0.5, 0.6) is 11.5 Å². The van der Waals surface area contributed by atoms with E-state index >= 15 is 0 Å². The zero-order valence-electron chi connectivity index (χ0n) is 26.1. The molecule has 4 amide bonds. The number of nitrogens with one attached hydrogen (secondary N) is 3. The zero-order valence-corrected chi connectivity index (χ0v) is 26.9. The van der Waals surface area contributed by atoms with Gasteiger partial charge in [0.25, 0.3) is 0 Å². The lowest BCUT2D eigenvalue weighted by atomic mass is 9.93. The number of sulfonamides is 1. The van der Waals surface area contributed by atoms with E-state index in [-0.39, 0.29) is 46.9 Å². The third-order valence-electron chi connectivity index (χ3n) is 7.62. The maximum absolute atomic E-state index is 13.7. The van der Waals surface area contributed by atoms with Gasteiger partial charge in [0.2, 0.25) is 33.7 Å². The van der Waals surface area contributed by atoms with Crippen LogP contribution in [0.15, 0.2) is 36.4 Å². The summed E-state index contributed by atoms with van der Waals surface area (Å²) in [5.41, 5.74) is 12.2. The second kappa shape index (κ2) is 15.8. The molecule has 0 radical (unpaired) electrons. The van der Waals surface area contributed by atoms with E-state index in [1.807, 2.05) is 0 Å². The Labute approximate surface area is 272 Å². The average Bonchev–Trinajstić information content (AvgIpc) is 2.99. The van der Waals surface area contributed by atoms with Crippen LogP contribution in [0.1, 0.15) is 49.8 Å². The predicted molar refractivity (Wildman–Crippen MR) is 171 cm³/mol. The Balaban J connectivity index is 2.06. The molecule has 0 saturated heterocycles. The van der Waals surface area contributed by atoms with Crippen molar-refractivity contribution >= 4 is 39.4 Å². The number of hydrogen-bond donors (Lipinski definition) is 8. The number of nitrogens with two attached hydrogens (primary N) is 3. The lowest BCUT2D eigenvalue weighted by Crippen LogP contribution is -2.58. The predicted octanol–water partition coefficient (Wildman–Crippen LogP) is -1.41. The summed E-state index contributed by atoms with van der Waals surface area (Å²) < 4.78 is 22.7. The van der Waals surface area contributed by atoms with Gasteiger partial charge in [-0.2, -0.15) is 0 Å². The molecule has 16 nitrogen and oxygen atoms in total.